The van der Waals surface area contributed by atoms with Gasteiger partial charge in [-0.3, -0.25) is 0 Å². The Morgan fingerprint density at radius 1 is 1.39 bits per heavy atom. The molecule has 4 nitrogen and oxygen atoms in total. The molecule has 18 heavy (non-hydrogen) atoms. The molecule has 0 fully saturated rings. The van der Waals surface area contributed by atoms with Crippen molar-refractivity contribution in [1.82, 2.24) is 4.98 Å². The summed E-state index contributed by atoms with van der Waals surface area (Å²) in [5.41, 5.74) is 6.35. The fourth-order valence-corrected chi connectivity index (χ4v) is 1.84. The Bertz CT molecular complexity index is 409. The molecule has 0 spiro atoms. The van der Waals surface area contributed by atoms with Gasteiger partial charge in [0.2, 0.25) is 0 Å². The average Bonchev–Trinajstić information content (AvgIpc) is 2.37. The van der Waals surface area contributed by atoms with Gasteiger partial charge in [0.15, 0.2) is 5.69 Å². The van der Waals surface area contributed by atoms with Gasteiger partial charge in [-0.1, -0.05) is 32.6 Å². The molecule has 0 radical (unpaired) electrons. The van der Waals surface area contributed by atoms with Crippen molar-refractivity contribution in [2.45, 2.75) is 52.0 Å². The smallest absolute Gasteiger partial charge is 0.165 e. The first-order valence-electron chi connectivity index (χ1n) is 6.60. The minimum absolute atomic E-state index is 0.290. The first kappa shape index (κ1) is 14.3. The lowest BCUT2D eigenvalue weighted by atomic mass is 10.1. The summed E-state index contributed by atoms with van der Waals surface area (Å²) in [4.78, 5) is 4.18. The van der Waals surface area contributed by atoms with E-state index < -0.39 is 0 Å². The van der Waals surface area contributed by atoms with E-state index in [1.54, 1.807) is 6.07 Å². The van der Waals surface area contributed by atoms with Gasteiger partial charge >= 0.3 is 0 Å². The van der Waals surface area contributed by atoms with E-state index in [1.807, 2.05) is 12.1 Å². The van der Waals surface area contributed by atoms with Crippen LogP contribution in [0.4, 0.5) is 11.5 Å². The first-order valence-corrected chi connectivity index (χ1v) is 6.60. The number of nitrogens with zero attached hydrogens (tertiary/aromatic N) is 2. The predicted molar refractivity (Wildman–Crippen MR) is 75.2 cm³/mol. The highest BCUT2D eigenvalue weighted by atomic mass is 15.0. The number of rotatable bonds is 7. The fraction of sp³-hybridized carbons (Fsp3) is 0.571. The van der Waals surface area contributed by atoms with E-state index in [-0.39, 0.29) is 5.69 Å². The molecule has 0 aliphatic carbocycles. The summed E-state index contributed by atoms with van der Waals surface area (Å²) in [5.74, 6) is 0.726. The van der Waals surface area contributed by atoms with Crippen LogP contribution >= 0.6 is 0 Å². The number of nitrogen functional groups attached to an aromatic ring is 1. The third-order valence-electron chi connectivity index (χ3n) is 2.92. The number of nitrogens with one attached hydrogen (secondary N) is 1. The van der Waals surface area contributed by atoms with Gasteiger partial charge in [-0.2, -0.15) is 5.26 Å². The molecule has 0 aliphatic rings. The van der Waals surface area contributed by atoms with Crippen LogP contribution in [0.3, 0.4) is 0 Å². The third-order valence-corrected chi connectivity index (χ3v) is 2.92. The van der Waals surface area contributed by atoms with Crippen LogP contribution in [0.2, 0.25) is 0 Å². The number of nitriles is 1. The van der Waals surface area contributed by atoms with Gasteiger partial charge in [0.1, 0.15) is 11.9 Å². The summed E-state index contributed by atoms with van der Waals surface area (Å²) in [6.45, 7) is 4.35. The van der Waals surface area contributed by atoms with E-state index >= 15 is 0 Å². The van der Waals surface area contributed by atoms with Crippen LogP contribution in [-0.4, -0.2) is 11.0 Å². The third kappa shape index (κ3) is 4.62. The quantitative estimate of drug-likeness (QED) is 0.724. The van der Waals surface area contributed by atoms with Crippen molar-refractivity contribution in [2.24, 2.45) is 0 Å². The lowest BCUT2D eigenvalue weighted by Crippen LogP contribution is -2.16. The van der Waals surface area contributed by atoms with Crippen LogP contribution < -0.4 is 11.1 Å². The Balaban J connectivity index is 2.44. The fourth-order valence-electron chi connectivity index (χ4n) is 1.84. The number of hydrogen-bond acceptors (Lipinski definition) is 4. The first-order chi connectivity index (χ1) is 8.67. The molecule has 1 aromatic rings. The largest absolute Gasteiger partial charge is 0.396 e. The predicted octanol–water partition coefficient (Wildman–Crippen LogP) is 3.31. The summed E-state index contributed by atoms with van der Waals surface area (Å²) in [6, 6.07) is 5.90. The maximum atomic E-state index is 8.86. The maximum Gasteiger partial charge on any atom is 0.165 e. The normalized spacial score (nSPS) is 11.8. The van der Waals surface area contributed by atoms with E-state index in [4.69, 9.17) is 11.0 Å². The van der Waals surface area contributed by atoms with Gasteiger partial charge in [0.05, 0.1) is 5.69 Å². The minimum Gasteiger partial charge on any atom is -0.396 e. The zero-order chi connectivity index (χ0) is 13.4. The summed E-state index contributed by atoms with van der Waals surface area (Å²) in [7, 11) is 0. The molecule has 0 saturated heterocycles. The topological polar surface area (TPSA) is 74.7 Å². The second-order valence-electron chi connectivity index (χ2n) is 4.64. The van der Waals surface area contributed by atoms with Gasteiger partial charge < -0.3 is 11.1 Å². The molecule has 1 unspecified atom stereocenters. The highest BCUT2D eigenvalue weighted by Crippen LogP contribution is 2.14. The molecule has 1 rings (SSSR count). The zero-order valence-electron chi connectivity index (χ0n) is 11.2. The van der Waals surface area contributed by atoms with Crippen LogP contribution in [0.1, 0.15) is 51.6 Å². The Morgan fingerprint density at radius 2 is 2.17 bits per heavy atom. The number of pyridine rings is 1. The van der Waals surface area contributed by atoms with Crippen molar-refractivity contribution in [3.63, 3.8) is 0 Å². The average molecular weight is 246 g/mol. The molecular weight excluding hydrogens is 224 g/mol. The van der Waals surface area contributed by atoms with Crippen LogP contribution in [-0.2, 0) is 0 Å². The lowest BCUT2D eigenvalue weighted by molar-refractivity contribution is 0.593. The van der Waals surface area contributed by atoms with E-state index in [1.165, 1.54) is 25.7 Å². The van der Waals surface area contributed by atoms with E-state index in [2.05, 4.69) is 24.1 Å². The summed E-state index contributed by atoms with van der Waals surface area (Å²) < 4.78 is 0. The molecule has 1 heterocycles. The SMILES string of the molecule is CCCCCCC(C)Nc1ccc(N)c(C#N)n1. The number of unbranched alkanes of at least 4 members (excludes halogenated alkanes) is 3. The second-order valence-corrected chi connectivity index (χ2v) is 4.64. The molecule has 0 amide bonds. The van der Waals surface area contributed by atoms with E-state index in [0.717, 1.165) is 12.2 Å². The van der Waals surface area contributed by atoms with Crippen molar-refractivity contribution in [3.05, 3.63) is 17.8 Å². The van der Waals surface area contributed by atoms with Crippen molar-refractivity contribution in [2.75, 3.05) is 11.1 Å². The number of hydrogen-bond donors (Lipinski definition) is 2. The van der Waals surface area contributed by atoms with Crippen molar-refractivity contribution in [1.29, 1.82) is 5.26 Å². The highest BCUT2D eigenvalue weighted by molar-refractivity contribution is 5.54. The molecule has 0 bridgehead atoms. The monoisotopic (exact) mass is 246 g/mol. The van der Waals surface area contributed by atoms with E-state index in [0.29, 0.717) is 11.7 Å². The van der Waals surface area contributed by atoms with E-state index in [9.17, 15) is 0 Å². The molecule has 0 aromatic carbocycles. The molecule has 1 aromatic heterocycles. The van der Waals surface area contributed by atoms with Gasteiger partial charge in [-0.25, -0.2) is 4.98 Å². The highest BCUT2D eigenvalue weighted by Gasteiger charge is 2.05. The van der Waals surface area contributed by atoms with Crippen LogP contribution in [0.25, 0.3) is 0 Å². The van der Waals surface area contributed by atoms with Crippen LogP contribution in [0.15, 0.2) is 12.1 Å². The number of nitrogens with two attached hydrogens (primary N) is 1. The van der Waals surface area contributed by atoms with Gasteiger partial charge in [0, 0.05) is 6.04 Å². The number of anilines is 2. The maximum absolute atomic E-state index is 8.86. The molecule has 0 aliphatic heterocycles. The summed E-state index contributed by atoms with van der Waals surface area (Å²) in [6.07, 6.45) is 6.18. The van der Waals surface area contributed by atoms with Crippen molar-refractivity contribution < 1.29 is 0 Å². The Hall–Kier alpha value is -1.76. The van der Waals surface area contributed by atoms with Gasteiger partial charge in [-0.15, -0.1) is 0 Å². The Kier molecular flexibility index (Phi) is 5.99. The Labute approximate surface area is 109 Å². The minimum atomic E-state index is 0.290. The van der Waals surface area contributed by atoms with Gasteiger partial charge in [0.25, 0.3) is 0 Å². The summed E-state index contributed by atoms with van der Waals surface area (Å²) >= 11 is 0. The molecular formula is C14H22N4. The van der Waals surface area contributed by atoms with Crippen molar-refractivity contribution >= 4 is 11.5 Å². The molecule has 1 atom stereocenters. The molecule has 0 saturated carbocycles. The number of aromatic nitrogens is 1. The molecule has 98 valence electrons. The Morgan fingerprint density at radius 3 is 2.83 bits per heavy atom. The van der Waals surface area contributed by atoms with Gasteiger partial charge in [-0.05, 0) is 25.5 Å². The second kappa shape index (κ2) is 7.54. The molecule has 4 heteroatoms. The van der Waals surface area contributed by atoms with Crippen molar-refractivity contribution in [3.8, 4) is 6.07 Å². The van der Waals surface area contributed by atoms with Crippen LogP contribution in [0.5, 0.6) is 0 Å². The lowest BCUT2D eigenvalue weighted by Gasteiger charge is -2.14. The summed E-state index contributed by atoms with van der Waals surface area (Å²) in [5, 5.41) is 12.2. The van der Waals surface area contributed by atoms with Crippen LogP contribution in [0, 0.1) is 11.3 Å². The standard InChI is InChI=1S/C14H22N4/c1-3-4-5-6-7-11(2)17-14-9-8-12(16)13(10-15)18-14/h8-9,11H,3-7,16H2,1-2H3,(H,17,18). The zero-order valence-corrected chi connectivity index (χ0v) is 11.2. The molecule has 3 N–H and O–H groups in total.